The van der Waals surface area contributed by atoms with E-state index in [0.717, 1.165) is 0 Å². The molecule has 2 heterocycles. The number of phenolic OH excluding ortho intramolecular Hbond substituents is 1. The topological polar surface area (TPSA) is 104 Å². The molecule has 0 saturated heterocycles. The van der Waals surface area contributed by atoms with Gasteiger partial charge in [-0.25, -0.2) is 0 Å². The zero-order valence-corrected chi connectivity index (χ0v) is 19.3. The maximum absolute atomic E-state index is 13.5. The number of methoxy groups -OCH3 is 3. The normalized spacial score (nSPS) is 14.8. The number of hydrogen-bond donors (Lipinski definition) is 1. The van der Waals surface area contributed by atoms with Gasteiger partial charge in [0, 0.05) is 23.1 Å². The summed E-state index contributed by atoms with van der Waals surface area (Å²) in [5.41, 5.74) is 1.75. The van der Waals surface area contributed by atoms with Crippen LogP contribution in [0.2, 0.25) is 0 Å². The number of hydrogen-bond acceptors (Lipinski definition) is 8. The number of carbonyl (C=O) groups is 1. The molecule has 1 aliphatic rings. The molecule has 0 bridgehead atoms. The number of benzene rings is 3. The van der Waals surface area contributed by atoms with Gasteiger partial charge in [-0.2, -0.15) is 0 Å². The van der Waals surface area contributed by atoms with Crippen molar-refractivity contribution >= 4 is 16.9 Å². The minimum absolute atomic E-state index is 0.00174. The number of phenols is 1. The molecule has 35 heavy (non-hydrogen) atoms. The van der Waals surface area contributed by atoms with Crippen molar-refractivity contribution in [2.75, 3.05) is 21.3 Å². The van der Waals surface area contributed by atoms with E-state index in [-0.39, 0.29) is 34.5 Å². The van der Waals surface area contributed by atoms with Crippen LogP contribution in [0.5, 0.6) is 28.7 Å². The van der Waals surface area contributed by atoms with Crippen molar-refractivity contribution in [1.29, 1.82) is 0 Å². The molecule has 8 nitrogen and oxygen atoms in total. The van der Waals surface area contributed by atoms with Gasteiger partial charge in [-0.05, 0) is 23.8 Å². The third kappa shape index (κ3) is 3.63. The van der Waals surface area contributed by atoms with Crippen molar-refractivity contribution < 1.29 is 33.3 Å². The Morgan fingerprint density at radius 1 is 0.971 bits per heavy atom. The zero-order valence-electron chi connectivity index (χ0n) is 19.3. The number of ether oxygens (including phenoxy) is 4. The first-order valence-corrected chi connectivity index (χ1v) is 10.8. The van der Waals surface area contributed by atoms with Gasteiger partial charge >= 0.3 is 5.97 Å². The van der Waals surface area contributed by atoms with Gasteiger partial charge in [0.15, 0.2) is 11.5 Å². The van der Waals surface area contributed by atoms with E-state index in [4.69, 9.17) is 23.4 Å². The van der Waals surface area contributed by atoms with E-state index >= 15 is 0 Å². The average Bonchev–Trinajstić information content (AvgIpc) is 2.87. The van der Waals surface area contributed by atoms with E-state index in [1.165, 1.54) is 26.5 Å². The minimum Gasteiger partial charge on any atom is -0.507 e. The monoisotopic (exact) mass is 474 g/mol. The van der Waals surface area contributed by atoms with Crippen LogP contribution in [0.15, 0.2) is 64.0 Å². The van der Waals surface area contributed by atoms with Gasteiger partial charge < -0.3 is 28.5 Å². The van der Waals surface area contributed by atoms with Crippen LogP contribution in [-0.4, -0.2) is 32.4 Å². The van der Waals surface area contributed by atoms with E-state index < -0.39 is 17.3 Å². The molecule has 178 valence electrons. The second kappa shape index (κ2) is 8.72. The van der Waals surface area contributed by atoms with E-state index in [1.54, 1.807) is 43.5 Å². The molecular formula is C27H22O8. The lowest BCUT2D eigenvalue weighted by Crippen LogP contribution is -2.22. The first kappa shape index (κ1) is 22.3. The van der Waals surface area contributed by atoms with Crippen molar-refractivity contribution in [3.05, 3.63) is 76.1 Å². The highest BCUT2D eigenvalue weighted by atomic mass is 16.5. The van der Waals surface area contributed by atoms with Crippen molar-refractivity contribution in [2.45, 2.75) is 12.3 Å². The van der Waals surface area contributed by atoms with Crippen LogP contribution in [0.25, 0.3) is 22.1 Å². The summed E-state index contributed by atoms with van der Waals surface area (Å²) in [5.74, 6) is 0.344. The molecule has 1 N–H and O–H groups in total. The quantitative estimate of drug-likeness (QED) is 0.330. The van der Waals surface area contributed by atoms with E-state index in [2.05, 4.69) is 0 Å². The van der Waals surface area contributed by atoms with E-state index in [1.807, 2.05) is 6.07 Å². The molecule has 1 aromatic heterocycles. The van der Waals surface area contributed by atoms with Crippen LogP contribution in [0.1, 0.15) is 23.5 Å². The first-order chi connectivity index (χ1) is 17.0. The number of para-hydroxylation sites is 1. The Labute approximate surface area is 200 Å². The van der Waals surface area contributed by atoms with Gasteiger partial charge in [-0.3, -0.25) is 9.59 Å². The van der Waals surface area contributed by atoms with Crippen LogP contribution in [0, 0.1) is 0 Å². The van der Waals surface area contributed by atoms with Crippen LogP contribution in [0.4, 0.5) is 0 Å². The fourth-order valence-corrected chi connectivity index (χ4v) is 4.55. The van der Waals surface area contributed by atoms with E-state index in [0.29, 0.717) is 33.9 Å². The van der Waals surface area contributed by atoms with Gasteiger partial charge in [0.25, 0.3) is 0 Å². The number of rotatable bonds is 5. The van der Waals surface area contributed by atoms with Crippen molar-refractivity contribution in [3.63, 3.8) is 0 Å². The summed E-state index contributed by atoms with van der Waals surface area (Å²) >= 11 is 0. The van der Waals surface area contributed by atoms with Gasteiger partial charge in [0.05, 0.1) is 33.3 Å². The zero-order chi connectivity index (χ0) is 24.7. The predicted octanol–water partition coefficient (Wildman–Crippen LogP) is 4.63. The number of carbonyl (C=O) groups excluding carboxylic acids is 1. The second-order valence-electron chi connectivity index (χ2n) is 8.03. The van der Waals surface area contributed by atoms with Crippen LogP contribution >= 0.6 is 0 Å². The third-order valence-corrected chi connectivity index (χ3v) is 6.18. The molecule has 0 unspecified atom stereocenters. The predicted molar refractivity (Wildman–Crippen MR) is 128 cm³/mol. The summed E-state index contributed by atoms with van der Waals surface area (Å²) in [4.78, 5) is 26.0. The molecule has 0 spiro atoms. The molecule has 1 aliphatic heterocycles. The van der Waals surface area contributed by atoms with Crippen LogP contribution < -0.4 is 24.4 Å². The molecule has 4 aromatic rings. The molecule has 1 atom stereocenters. The molecule has 0 amide bonds. The molecule has 0 aliphatic carbocycles. The second-order valence-corrected chi connectivity index (χ2v) is 8.03. The Bertz CT molecular complexity index is 1500. The maximum Gasteiger partial charge on any atom is 0.312 e. The lowest BCUT2D eigenvalue weighted by Gasteiger charge is -2.27. The maximum atomic E-state index is 13.5. The number of aromatic hydroxyl groups is 1. The molecule has 0 fully saturated rings. The Balaban J connectivity index is 1.76. The van der Waals surface area contributed by atoms with Crippen LogP contribution in [-0.2, 0) is 4.79 Å². The lowest BCUT2D eigenvalue weighted by molar-refractivity contribution is -0.135. The van der Waals surface area contributed by atoms with Crippen molar-refractivity contribution in [1.82, 2.24) is 0 Å². The fraction of sp³-hybridized carbons (Fsp3) is 0.185. The number of esters is 1. The standard InChI is InChI=1S/C27H22O8/c1-31-15-9-7-14(8-10-15)18-13-34-27-23-17(16-5-4-6-20(32-2)26(16)33-3)11-22(29)35-21(23)12-19(28)24(27)25(18)30/h4-10,12-13,17,28H,11H2,1-3H3/t17-/m1/s1. The summed E-state index contributed by atoms with van der Waals surface area (Å²) in [5, 5.41) is 10.8. The first-order valence-electron chi connectivity index (χ1n) is 10.8. The highest BCUT2D eigenvalue weighted by Crippen LogP contribution is 2.49. The summed E-state index contributed by atoms with van der Waals surface area (Å²) in [6.07, 6.45) is 1.34. The number of fused-ring (bicyclic) bond motifs is 3. The van der Waals surface area contributed by atoms with Gasteiger partial charge in [0.2, 0.25) is 5.43 Å². The molecule has 0 radical (unpaired) electrons. The smallest absolute Gasteiger partial charge is 0.312 e. The summed E-state index contributed by atoms with van der Waals surface area (Å²) in [6.45, 7) is 0. The Kier molecular flexibility index (Phi) is 5.56. The average molecular weight is 474 g/mol. The Hall–Kier alpha value is -4.46. The third-order valence-electron chi connectivity index (χ3n) is 6.18. The Morgan fingerprint density at radius 2 is 1.74 bits per heavy atom. The van der Waals surface area contributed by atoms with Crippen molar-refractivity contribution in [3.8, 4) is 39.9 Å². The highest BCUT2D eigenvalue weighted by Gasteiger charge is 2.35. The van der Waals surface area contributed by atoms with Gasteiger partial charge in [-0.1, -0.05) is 24.3 Å². The van der Waals surface area contributed by atoms with E-state index in [9.17, 15) is 14.7 Å². The summed E-state index contributed by atoms with van der Waals surface area (Å²) in [7, 11) is 4.60. The molecule has 5 rings (SSSR count). The van der Waals surface area contributed by atoms with Gasteiger partial charge in [-0.15, -0.1) is 0 Å². The molecule has 3 aromatic carbocycles. The summed E-state index contributed by atoms with van der Waals surface area (Å²) < 4.78 is 27.6. The van der Waals surface area contributed by atoms with Crippen LogP contribution in [0.3, 0.4) is 0 Å². The largest absolute Gasteiger partial charge is 0.507 e. The van der Waals surface area contributed by atoms with Gasteiger partial charge in [0.1, 0.15) is 34.5 Å². The fourth-order valence-electron chi connectivity index (χ4n) is 4.55. The SMILES string of the molecule is COc1ccc(-c2coc3c4c(cc(O)c3c2=O)OC(=O)C[C@@H]4c2cccc(OC)c2OC)cc1. The molecular weight excluding hydrogens is 452 g/mol. The van der Waals surface area contributed by atoms with Crippen molar-refractivity contribution in [2.24, 2.45) is 0 Å². The lowest BCUT2D eigenvalue weighted by atomic mass is 9.84. The summed E-state index contributed by atoms with van der Waals surface area (Å²) in [6, 6.07) is 13.6. The molecule has 8 heteroatoms. The molecule has 0 saturated carbocycles. The highest BCUT2D eigenvalue weighted by molar-refractivity contribution is 5.94. The minimum atomic E-state index is -0.561. The Morgan fingerprint density at radius 3 is 2.43 bits per heavy atom.